The molecule has 0 fully saturated rings. The van der Waals surface area contributed by atoms with Crippen molar-refractivity contribution in [3.8, 4) is 0 Å². The minimum absolute atomic E-state index is 0.194. The Balaban J connectivity index is 2.06. The van der Waals surface area contributed by atoms with Crippen LogP contribution < -0.4 is 32.2 Å². The SMILES string of the molecule is CC(N)[Si](O[Si](c1ccccc1)(c1ccccc1)C(C)N)(c1ccccc1)c1ccccc1. The summed E-state index contributed by atoms with van der Waals surface area (Å²) in [6.07, 6.45) is 0. The van der Waals surface area contributed by atoms with E-state index in [9.17, 15) is 0 Å². The Morgan fingerprint density at radius 1 is 0.455 bits per heavy atom. The van der Waals surface area contributed by atoms with Gasteiger partial charge in [-0.25, -0.2) is 0 Å². The van der Waals surface area contributed by atoms with E-state index in [4.69, 9.17) is 15.6 Å². The lowest BCUT2D eigenvalue weighted by atomic mass is 10.4. The van der Waals surface area contributed by atoms with Gasteiger partial charge in [-0.15, -0.1) is 0 Å². The number of hydrogen-bond donors (Lipinski definition) is 2. The zero-order chi connectivity index (χ0) is 23.3. The standard InChI is InChI=1S/C28H32N2OSi2/c1-23(29)32(25-15-7-3-8-16-25,26-17-9-4-10-18-26)31-33(24(2)30,27-19-11-5-12-20-27)28-21-13-6-14-22-28/h3-24H,29-30H2,1-2H3. The monoisotopic (exact) mass is 468 g/mol. The average molecular weight is 469 g/mol. The summed E-state index contributed by atoms with van der Waals surface area (Å²) in [4.78, 5) is 0. The molecule has 0 aromatic heterocycles. The molecule has 4 aromatic carbocycles. The summed E-state index contributed by atoms with van der Waals surface area (Å²) in [6.45, 7) is 4.17. The Morgan fingerprint density at radius 2 is 0.667 bits per heavy atom. The summed E-state index contributed by atoms with van der Waals surface area (Å²) in [7, 11) is -5.86. The third kappa shape index (κ3) is 4.26. The molecule has 3 nitrogen and oxygen atoms in total. The molecule has 2 unspecified atom stereocenters. The minimum atomic E-state index is -2.93. The quantitative estimate of drug-likeness (QED) is 0.390. The maximum Gasteiger partial charge on any atom is 0.262 e. The lowest BCUT2D eigenvalue weighted by Gasteiger charge is -2.46. The van der Waals surface area contributed by atoms with Gasteiger partial charge in [0.25, 0.3) is 16.6 Å². The van der Waals surface area contributed by atoms with Crippen molar-refractivity contribution in [2.24, 2.45) is 11.5 Å². The fourth-order valence-electron chi connectivity index (χ4n) is 4.80. The summed E-state index contributed by atoms with van der Waals surface area (Å²) in [6, 6.07) is 42.1. The van der Waals surface area contributed by atoms with Crippen molar-refractivity contribution < 1.29 is 4.12 Å². The summed E-state index contributed by atoms with van der Waals surface area (Å²) in [5.74, 6) is 0. The van der Waals surface area contributed by atoms with Crippen LogP contribution in [0.15, 0.2) is 121 Å². The Hall–Kier alpha value is -2.81. The van der Waals surface area contributed by atoms with Gasteiger partial charge in [0, 0.05) is 11.3 Å². The largest absolute Gasteiger partial charge is 0.440 e. The Kier molecular flexibility index (Phi) is 7.07. The lowest BCUT2D eigenvalue weighted by molar-refractivity contribution is 0.537. The highest BCUT2D eigenvalue weighted by Gasteiger charge is 2.54. The molecular formula is C28H32N2OSi2. The van der Waals surface area contributed by atoms with Crippen molar-refractivity contribution in [2.45, 2.75) is 25.2 Å². The van der Waals surface area contributed by atoms with Crippen molar-refractivity contribution in [2.75, 3.05) is 0 Å². The second-order valence-corrected chi connectivity index (χ2v) is 16.5. The Morgan fingerprint density at radius 3 is 0.848 bits per heavy atom. The van der Waals surface area contributed by atoms with Crippen molar-refractivity contribution in [1.82, 2.24) is 0 Å². The lowest BCUT2D eigenvalue weighted by Crippen LogP contribution is -2.81. The van der Waals surface area contributed by atoms with E-state index in [1.165, 1.54) is 0 Å². The molecule has 0 amide bonds. The molecule has 0 aliphatic heterocycles. The summed E-state index contributed by atoms with van der Waals surface area (Å²) in [5, 5.41) is 4.65. The van der Waals surface area contributed by atoms with Gasteiger partial charge in [-0.3, -0.25) is 0 Å². The van der Waals surface area contributed by atoms with E-state index in [0.29, 0.717) is 0 Å². The molecule has 33 heavy (non-hydrogen) atoms. The molecule has 0 heterocycles. The number of rotatable bonds is 8. The number of hydrogen-bond acceptors (Lipinski definition) is 3. The Bertz CT molecular complexity index is 966. The second-order valence-electron chi connectivity index (χ2n) is 8.61. The maximum atomic E-state index is 7.72. The molecule has 4 N–H and O–H groups in total. The highest BCUT2D eigenvalue weighted by Crippen LogP contribution is 2.21. The minimum Gasteiger partial charge on any atom is -0.440 e. The first kappa shape index (κ1) is 23.4. The summed E-state index contributed by atoms with van der Waals surface area (Å²) >= 11 is 0. The first-order valence-corrected chi connectivity index (χ1v) is 15.4. The summed E-state index contributed by atoms with van der Waals surface area (Å²) < 4.78 is 7.72. The molecule has 0 bridgehead atoms. The molecule has 2 atom stereocenters. The third-order valence-corrected chi connectivity index (χ3v) is 16.3. The molecule has 0 saturated heterocycles. The van der Waals surface area contributed by atoms with E-state index >= 15 is 0 Å². The fraction of sp³-hybridized carbons (Fsp3) is 0.143. The van der Waals surface area contributed by atoms with Crippen molar-refractivity contribution in [1.29, 1.82) is 0 Å². The van der Waals surface area contributed by atoms with Crippen molar-refractivity contribution in [3.05, 3.63) is 121 Å². The van der Waals surface area contributed by atoms with E-state index in [1.807, 2.05) is 24.3 Å². The molecule has 5 heteroatoms. The van der Waals surface area contributed by atoms with E-state index in [0.717, 1.165) is 20.7 Å². The van der Waals surface area contributed by atoms with Crippen molar-refractivity contribution in [3.63, 3.8) is 0 Å². The van der Waals surface area contributed by atoms with Crippen LogP contribution in [0.25, 0.3) is 0 Å². The van der Waals surface area contributed by atoms with Crippen LogP contribution in [0.3, 0.4) is 0 Å². The topological polar surface area (TPSA) is 61.3 Å². The zero-order valence-corrected chi connectivity index (χ0v) is 21.3. The van der Waals surface area contributed by atoms with E-state index < -0.39 is 16.6 Å². The van der Waals surface area contributed by atoms with Crippen LogP contribution in [0.5, 0.6) is 0 Å². The Labute approximate surface area is 199 Å². The maximum absolute atomic E-state index is 7.72. The molecule has 0 spiro atoms. The van der Waals surface area contributed by atoms with E-state index in [-0.39, 0.29) is 11.3 Å². The normalized spacial score (nSPS) is 13.9. The van der Waals surface area contributed by atoms with Gasteiger partial charge in [-0.05, 0) is 34.6 Å². The first-order chi connectivity index (χ1) is 16.0. The van der Waals surface area contributed by atoms with Crippen molar-refractivity contribution >= 4 is 37.4 Å². The van der Waals surface area contributed by atoms with Crippen LogP contribution in [0.1, 0.15) is 13.8 Å². The molecule has 4 rings (SSSR count). The van der Waals surface area contributed by atoms with Crippen LogP contribution in [0, 0.1) is 0 Å². The molecule has 0 aliphatic carbocycles. The molecule has 168 valence electrons. The molecular weight excluding hydrogens is 436 g/mol. The van der Waals surface area contributed by atoms with E-state index in [2.05, 4.69) is 111 Å². The first-order valence-electron chi connectivity index (χ1n) is 11.4. The fourth-order valence-corrected chi connectivity index (χ4v) is 15.7. The van der Waals surface area contributed by atoms with Crippen LogP contribution in [0.4, 0.5) is 0 Å². The van der Waals surface area contributed by atoms with Gasteiger partial charge in [0.15, 0.2) is 0 Å². The number of nitrogens with two attached hydrogens (primary N) is 2. The third-order valence-electron chi connectivity index (χ3n) is 6.42. The van der Waals surface area contributed by atoms with Crippen LogP contribution in [-0.4, -0.2) is 28.0 Å². The van der Waals surface area contributed by atoms with E-state index in [1.54, 1.807) is 0 Å². The smallest absolute Gasteiger partial charge is 0.262 e. The van der Waals surface area contributed by atoms with Gasteiger partial charge >= 0.3 is 0 Å². The van der Waals surface area contributed by atoms with Crippen LogP contribution in [0.2, 0.25) is 0 Å². The average Bonchev–Trinajstić information content (AvgIpc) is 2.87. The highest BCUT2D eigenvalue weighted by atomic mass is 28.4. The molecule has 0 saturated carbocycles. The molecule has 0 aliphatic rings. The molecule has 4 aromatic rings. The van der Waals surface area contributed by atoms with Gasteiger partial charge in [-0.1, -0.05) is 121 Å². The van der Waals surface area contributed by atoms with Crippen LogP contribution >= 0.6 is 0 Å². The van der Waals surface area contributed by atoms with Gasteiger partial charge in [0.1, 0.15) is 0 Å². The van der Waals surface area contributed by atoms with Crippen LogP contribution in [-0.2, 0) is 4.12 Å². The molecule has 0 radical (unpaired) electrons. The predicted molar refractivity (Wildman–Crippen MR) is 144 cm³/mol. The number of benzene rings is 4. The van der Waals surface area contributed by atoms with Gasteiger partial charge in [0.2, 0.25) is 0 Å². The summed E-state index contributed by atoms with van der Waals surface area (Å²) in [5.41, 5.74) is 13.4. The van der Waals surface area contributed by atoms with Gasteiger partial charge in [0.05, 0.1) is 0 Å². The zero-order valence-electron chi connectivity index (χ0n) is 19.3. The second kappa shape index (κ2) is 9.99. The predicted octanol–water partition coefficient (Wildman–Crippen LogP) is 2.30. The highest BCUT2D eigenvalue weighted by molar-refractivity contribution is 7.10. The van der Waals surface area contributed by atoms with Gasteiger partial charge in [-0.2, -0.15) is 0 Å². The van der Waals surface area contributed by atoms with Gasteiger partial charge < -0.3 is 15.6 Å².